The van der Waals surface area contributed by atoms with Crippen LogP contribution in [0.15, 0.2) is 12.2 Å². The number of rotatable bonds is 4. The van der Waals surface area contributed by atoms with Crippen LogP contribution in [0.1, 0.15) is 44.9 Å². The Morgan fingerprint density at radius 3 is 2.27 bits per heavy atom. The molecule has 0 radical (unpaired) electrons. The van der Waals surface area contributed by atoms with E-state index in [4.69, 9.17) is 5.11 Å². The molecule has 0 atom stereocenters. The van der Waals surface area contributed by atoms with Gasteiger partial charge in [-0.05, 0) is 12.8 Å². The minimum Gasteiger partial charge on any atom is -0.478 e. The van der Waals surface area contributed by atoms with Gasteiger partial charge in [-0.2, -0.15) is 0 Å². The molecule has 15 heavy (non-hydrogen) atoms. The average molecular weight is 211 g/mol. The number of nitrogens with one attached hydrogen (secondary N) is 1. The van der Waals surface area contributed by atoms with Gasteiger partial charge in [0, 0.05) is 18.2 Å². The fraction of sp³-hybridized carbons (Fsp3) is 0.750. The molecule has 1 saturated carbocycles. The van der Waals surface area contributed by atoms with Crippen LogP contribution < -0.4 is 5.32 Å². The van der Waals surface area contributed by atoms with Gasteiger partial charge >= 0.3 is 5.97 Å². The first-order chi connectivity index (χ1) is 7.20. The Labute approximate surface area is 91.6 Å². The number of aliphatic carboxylic acids is 1. The first-order valence-electron chi connectivity index (χ1n) is 5.84. The molecule has 1 fully saturated rings. The number of carbonyl (C=O) groups is 1. The highest BCUT2D eigenvalue weighted by Crippen LogP contribution is 2.17. The molecule has 0 aromatic rings. The van der Waals surface area contributed by atoms with Gasteiger partial charge in [-0.3, -0.25) is 0 Å². The second kappa shape index (κ2) is 6.62. The largest absolute Gasteiger partial charge is 0.478 e. The molecule has 3 nitrogen and oxygen atoms in total. The summed E-state index contributed by atoms with van der Waals surface area (Å²) in [7, 11) is 0. The lowest BCUT2D eigenvalue weighted by Crippen LogP contribution is -2.32. The average Bonchev–Trinajstić information content (AvgIpc) is 2.15. The van der Waals surface area contributed by atoms with Crippen LogP contribution in [0.5, 0.6) is 0 Å². The summed E-state index contributed by atoms with van der Waals surface area (Å²) < 4.78 is 0. The maximum Gasteiger partial charge on any atom is 0.332 e. The summed E-state index contributed by atoms with van der Waals surface area (Å²) in [6.07, 6.45) is 8.86. The zero-order chi connectivity index (χ0) is 11.1. The summed E-state index contributed by atoms with van der Waals surface area (Å²) >= 11 is 0. The third kappa shape index (κ3) is 4.98. The van der Waals surface area contributed by atoms with Gasteiger partial charge in [0.25, 0.3) is 0 Å². The number of hydrogen-bond acceptors (Lipinski definition) is 2. The van der Waals surface area contributed by atoms with Crippen molar-refractivity contribution in [3.63, 3.8) is 0 Å². The van der Waals surface area contributed by atoms with Crippen molar-refractivity contribution in [2.45, 2.75) is 51.0 Å². The topological polar surface area (TPSA) is 49.3 Å². The molecule has 1 aliphatic carbocycles. The summed E-state index contributed by atoms with van der Waals surface area (Å²) in [5, 5.41) is 12.0. The van der Waals surface area contributed by atoms with Crippen molar-refractivity contribution in [3.05, 3.63) is 12.2 Å². The molecule has 1 aliphatic rings. The molecule has 2 N–H and O–H groups in total. The fourth-order valence-electron chi connectivity index (χ4n) is 2.00. The minimum atomic E-state index is -0.895. The fourth-order valence-corrected chi connectivity index (χ4v) is 2.00. The highest BCUT2D eigenvalue weighted by Gasteiger charge is 2.12. The molecular formula is C12H21NO2. The van der Waals surface area contributed by atoms with Gasteiger partial charge < -0.3 is 10.4 Å². The number of carboxylic acid groups (broad SMARTS) is 1. The maximum absolute atomic E-state index is 10.6. The van der Waals surface area contributed by atoms with E-state index in [-0.39, 0.29) is 5.57 Å². The number of carboxylic acids is 1. The van der Waals surface area contributed by atoms with Gasteiger partial charge in [0.2, 0.25) is 0 Å². The van der Waals surface area contributed by atoms with Crippen molar-refractivity contribution in [1.29, 1.82) is 0 Å². The maximum atomic E-state index is 10.6. The van der Waals surface area contributed by atoms with E-state index in [1.54, 1.807) is 0 Å². The van der Waals surface area contributed by atoms with E-state index in [1.807, 2.05) is 0 Å². The van der Waals surface area contributed by atoms with Gasteiger partial charge in [-0.25, -0.2) is 4.79 Å². The highest BCUT2D eigenvalue weighted by atomic mass is 16.4. The molecule has 86 valence electrons. The summed E-state index contributed by atoms with van der Waals surface area (Å²) in [5.74, 6) is -0.895. The van der Waals surface area contributed by atoms with E-state index < -0.39 is 5.97 Å². The van der Waals surface area contributed by atoms with Crippen LogP contribution in [-0.4, -0.2) is 23.7 Å². The third-order valence-corrected chi connectivity index (χ3v) is 3.01. The lowest BCUT2D eigenvalue weighted by atomic mass is 9.96. The Morgan fingerprint density at radius 1 is 1.20 bits per heavy atom. The molecule has 0 spiro atoms. The third-order valence-electron chi connectivity index (χ3n) is 3.01. The van der Waals surface area contributed by atoms with Crippen LogP contribution in [0.4, 0.5) is 0 Å². The van der Waals surface area contributed by atoms with Crippen LogP contribution in [0.3, 0.4) is 0 Å². The predicted molar refractivity (Wildman–Crippen MR) is 60.9 cm³/mol. The lowest BCUT2D eigenvalue weighted by molar-refractivity contribution is -0.132. The molecule has 0 amide bonds. The zero-order valence-electron chi connectivity index (χ0n) is 9.30. The molecule has 1 rings (SSSR count). The molecule has 0 heterocycles. The van der Waals surface area contributed by atoms with E-state index in [0.717, 1.165) is 0 Å². The first kappa shape index (κ1) is 12.2. The molecule has 0 unspecified atom stereocenters. The summed E-state index contributed by atoms with van der Waals surface area (Å²) in [6, 6.07) is 0.487. The number of hydrogen-bond donors (Lipinski definition) is 2. The van der Waals surface area contributed by atoms with Crippen LogP contribution in [0.2, 0.25) is 0 Å². The standard InChI is InChI=1S/C12H21NO2/c1-10(12(14)15)9-13-11-7-5-3-2-4-6-8-11/h11,13H,1-9H2,(H,14,15). The Kier molecular flexibility index (Phi) is 5.40. The first-order valence-corrected chi connectivity index (χ1v) is 5.84. The van der Waals surface area contributed by atoms with E-state index in [1.165, 1.54) is 44.9 Å². The van der Waals surface area contributed by atoms with Crippen molar-refractivity contribution in [1.82, 2.24) is 5.32 Å². The Morgan fingerprint density at radius 2 is 1.73 bits per heavy atom. The monoisotopic (exact) mass is 211 g/mol. The minimum absolute atomic E-state index is 0.261. The molecule has 3 heteroatoms. The summed E-state index contributed by atoms with van der Waals surface area (Å²) in [4.78, 5) is 10.6. The van der Waals surface area contributed by atoms with Crippen LogP contribution in [-0.2, 0) is 4.79 Å². The zero-order valence-corrected chi connectivity index (χ0v) is 9.30. The van der Waals surface area contributed by atoms with Crippen LogP contribution in [0, 0.1) is 0 Å². The SMILES string of the molecule is C=C(CNC1CCCCCCC1)C(=O)O. The van der Waals surface area contributed by atoms with Gasteiger partial charge in [0.05, 0.1) is 0 Å². The second-order valence-corrected chi connectivity index (χ2v) is 4.33. The molecule has 0 aromatic heterocycles. The van der Waals surface area contributed by atoms with E-state index in [9.17, 15) is 4.79 Å². The molecular weight excluding hydrogens is 190 g/mol. The Bertz CT molecular complexity index is 218. The quantitative estimate of drug-likeness (QED) is 0.702. The molecule has 0 aliphatic heterocycles. The van der Waals surface area contributed by atoms with Crippen molar-refractivity contribution < 1.29 is 9.90 Å². The smallest absolute Gasteiger partial charge is 0.332 e. The van der Waals surface area contributed by atoms with E-state index >= 15 is 0 Å². The van der Waals surface area contributed by atoms with E-state index in [0.29, 0.717) is 12.6 Å². The molecule has 0 saturated heterocycles. The second-order valence-electron chi connectivity index (χ2n) is 4.33. The highest BCUT2D eigenvalue weighted by molar-refractivity contribution is 5.86. The Hall–Kier alpha value is -0.830. The van der Waals surface area contributed by atoms with Crippen LogP contribution in [0.25, 0.3) is 0 Å². The molecule has 0 aromatic carbocycles. The van der Waals surface area contributed by atoms with Crippen molar-refractivity contribution in [2.75, 3.05) is 6.54 Å². The van der Waals surface area contributed by atoms with Crippen molar-refractivity contribution in [2.24, 2.45) is 0 Å². The molecule has 0 bridgehead atoms. The normalized spacial score (nSPS) is 19.2. The summed E-state index contributed by atoms with van der Waals surface area (Å²) in [6.45, 7) is 3.94. The lowest BCUT2D eigenvalue weighted by Gasteiger charge is -2.20. The summed E-state index contributed by atoms with van der Waals surface area (Å²) in [5.41, 5.74) is 0.261. The van der Waals surface area contributed by atoms with Crippen molar-refractivity contribution >= 4 is 5.97 Å². The predicted octanol–water partition coefficient (Wildman–Crippen LogP) is 2.33. The van der Waals surface area contributed by atoms with Gasteiger partial charge in [0.1, 0.15) is 0 Å². The van der Waals surface area contributed by atoms with Crippen LogP contribution >= 0.6 is 0 Å². The van der Waals surface area contributed by atoms with E-state index in [2.05, 4.69) is 11.9 Å². The Balaban J connectivity index is 2.23. The van der Waals surface area contributed by atoms with Crippen molar-refractivity contribution in [3.8, 4) is 0 Å². The van der Waals surface area contributed by atoms with Gasteiger partial charge in [-0.1, -0.05) is 38.7 Å². The van der Waals surface area contributed by atoms with Gasteiger partial charge in [-0.15, -0.1) is 0 Å². The van der Waals surface area contributed by atoms with Gasteiger partial charge in [0.15, 0.2) is 0 Å².